The van der Waals surface area contributed by atoms with Crippen molar-refractivity contribution in [1.29, 1.82) is 0 Å². The van der Waals surface area contributed by atoms with Crippen molar-refractivity contribution in [3.63, 3.8) is 0 Å². The maximum absolute atomic E-state index is 10.1. The van der Waals surface area contributed by atoms with Gasteiger partial charge in [-0.3, -0.25) is 0 Å². The quantitative estimate of drug-likeness (QED) is 0.634. The molecule has 25 heavy (non-hydrogen) atoms. The van der Waals surface area contributed by atoms with E-state index in [9.17, 15) is 15.3 Å². The highest BCUT2D eigenvalue weighted by molar-refractivity contribution is 5.50. The number of benzene rings is 3. The first-order valence-corrected chi connectivity index (χ1v) is 7.75. The van der Waals surface area contributed by atoms with Gasteiger partial charge in [0.1, 0.15) is 24.7 Å². The average Bonchev–Trinajstić information content (AvgIpc) is 2.59. The molecule has 0 fully saturated rings. The number of phenolic OH excluding ortho intramolecular Hbond substituents is 3. The molecule has 0 amide bonds. The second-order valence-corrected chi connectivity index (χ2v) is 5.52. The van der Waals surface area contributed by atoms with Gasteiger partial charge in [-0.05, 0) is 47.5 Å². The third kappa shape index (κ3) is 4.35. The highest BCUT2D eigenvalue weighted by atomic mass is 16.5. The first kappa shape index (κ1) is 16.5. The third-order valence-electron chi connectivity index (χ3n) is 3.56. The van der Waals surface area contributed by atoms with Crippen LogP contribution in [0.1, 0.15) is 11.1 Å². The van der Waals surface area contributed by atoms with Gasteiger partial charge >= 0.3 is 0 Å². The van der Waals surface area contributed by atoms with Gasteiger partial charge in [0.25, 0.3) is 0 Å². The third-order valence-corrected chi connectivity index (χ3v) is 3.56. The molecule has 0 heterocycles. The monoisotopic (exact) mass is 338 g/mol. The van der Waals surface area contributed by atoms with E-state index in [1.165, 1.54) is 6.07 Å². The van der Waals surface area contributed by atoms with Gasteiger partial charge < -0.3 is 24.8 Å². The van der Waals surface area contributed by atoms with Gasteiger partial charge in [-0.1, -0.05) is 30.3 Å². The number of aromatic hydroxyl groups is 3. The standard InChI is InChI=1S/C20H18O5/c21-16-6-1-4-14(10-16)12-24-19-9-3-8-18(23)20(19)25-13-15-5-2-7-17(22)11-15/h1-11,21-23H,12-13H2. The molecule has 0 aromatic heterocycles. The molecular weight excluding hydrogens is 320 g/mol. The van der Waals surface area contributed by atoms with E-state index in [0.717, 1.165) is 11.1 Å². The lowest BCUT2D eigenvalue weighted by Crippen LogP contribution is -2.00. The summed E-state index contributed by atoms with van der Waals surface area (Å²) in [5.41, 5.74) is 1.56. The topological polar surface area (TPSA) is 79.2 Å². The van der Waals surface area contributed by atoms with Crippen molar-refractivity contribution < 1.29 is 24.8 Å². The van der Waals surface area contributed by atoms with Crippen molar-refractivity contribution in [1.82, 2.24) is 0 Å². The molecule has 5 heteroatoms. The molecule has 128 valence electrons. The minimum Gasteiger partial charge on any atom is -0.508 e. The summed E-state index contributed by atoms with van der Waals surface area (Å²) >= 11 is 0. The Balaban J connectivity index is 1.73. The van der Waals surface area contributed by atoms with Crippen LogP contribution in [0.4, 0.5) is 0 Å². The molecule has 3 N–H and O–H groups in total. The molecule has 0 aliphatic rings. The highest BCUT2D eigenvalue weighted by Crippen LogP contribution is 2.37. The van der Waals surface area contributed by atoms with Crippen molar-refractivity contribution in [3.8, 4) is 28.7 Å². The van der Waals surface area contributed by atoms with Crippen molar-refractivity contribution in [3.05, 3.63) is 77.9 Å². The number of phenols is 3. The maximum atomic E-state index is 10.1. The highest BCUT2D eigenvalue weighted by Gasteiger charge is 2.11. The summed E-state index contributed by atoms with van der Waals surface area (Å²) in [6.45, 7) is 0.398. The predicted molar refractivity (Wildman–Crippen MR) is 93.0 cm³/mol. The Labute approximate surface area is 145 Å². The van der Waals surface area contributed by atoms with E-state index in [4.69, 9.17) is 9.47 Å². The summed E-state index contributed by atoms with van der Waals surface area (Å²) < 4.78 is 11.4. The number of ether oxygens (including phenoxy) is 2. The number of hydrogen-bond acceptors (Lipinski definition) is 5. The van der Waals surface area contributed by atoms with Gasteiger partial charge in [0.05, 0.1) is 0 Å². The predicted octanol–water partition coefficient (Wildman–Crippen LogP) is 3.96. The van der Waals surface area contributed by atoms with Crippen molar-refractivity contribution >= 4 is 0 Å². The van der Waals surface area contributed by atoms with E-state index in [1.807, 2.05) is 12.1 Å². The Bertz CT molecular complexity index is 860. The molecule has 0 radical (unpaired) electrons. The summed E-state index contributed by atoms with van der Waals surface area (Å²) in [5.74, 6) is 0.902. The van der Waals surface area contributed by atoms with Crippen molar-refractivity contribution in [2.24, 2.45) is 0 Å². The normalized spacial score (nSPS) is 10.4. The maximum Gasteiger partial charge on any atom is 0.203 e. The van der Waals surface area contributed by atoms with Gasteiger partial charge in [0.2, 0.25) is 5.75 Å². The Hall–Kier alpha value is -3.34. The Morgan fingerprint density at radius 1 is 0.640 bits per heavy atom. The molecule has 3 aromatic carbocycles. The minimum absolute atomic E-state index is 0.0337. The summed E-state index contributed by atoms with van der Waals surface area (Å²) in [7, 11) is 0. The summed E-state index contributed by atoms with van der Waals surface area (Å²) in [6.07, 6.45) is 0. The van der Waals surface area contributed by atoms with Gasteiger partial charge in [0, 0.05) is 0 Å². The van der Waals surface area contributed by atoms with E-state index in [-0.39, 0.29) is 36.2 Å². The van der Waals surface area contributed by atoms with Crippen LogP contribution in [0.5, 0.6) is 28.7 Å². The van der Waals surface area contributed by atoms with Crippen LogP contribution in [0, 0.1) is 0 Å². The van der Waals surface area contributed by atoms with E-state index in [2.05, 4.69) is 0 Å². The van der Waals surface area contributed by atoms with Crippen LogP contribution in [-0.2, 0) is 13.2 Å². The first-order chi connectivity index (χ1) is 12.1. The van der Waals surface area contributed by atoms with Gasteiger partial charge in [-0.2, -0.15) is 0 Å². The lowest BCUT2D eigenvalue weighted by atomic mass is 10.2. The molecule has 5 nitrogen and oxygen atoms in total. The molecular formula is C20H18O5. The van der Waals surface area contributed by atoms with Crippen LogP contribution < -0.4 is 9.47 Å². The van der Waals surface area contributed by atoms with Crippen molar-refractivity contribution in [2.75, 3.05) is 0 Å². The Morgan fingerprint density at radius 2 is 1.20 bits per heavy atom. The molecule has 3 rings (SSSR count). The van der Waals surface area contributed by atoms with Crippen LogP contribution in [0.2, 0.25) is 0 Å². The van der Waals surface area contributed by atoms with Gasteiger partial charge in [-0.25, -0.2) is 0 Å². The number of rotatable bonds is 6. The molecule has 0 saturated heterocycles. The Morgan fingerprint density at radius 3 is 1.80 bits per heavy atom. The minimum atomic E-state index is -0.0337. The Kier molecular flexibility index (Phi) is 4.95. The van der Waals surface area contributed by atoms with Crippen LogP contribution in [0.3, 0.4) is 0 Å². The number of para-hydroxylation sites is 1. The number of hydrogen-bond donors (Lipinski definition) is 3. The summed E-state index contributed by atoms with van der Waals surface area (Å²) in [4.78, 5) is 0. The van der Waals surface area contributed by atoms with Crippen LogP contribution in [0.25, 0.3) is 0 Å². The van der Waals surface area contributed by atoms with Crippen LogP contribution in [0.15, 0.2) is 66.7 Å². The zero-order valence-corrected chi connectivity index (χ0v) is 13.4. The zero-order chi connectivity index (χ0) is 17.6. The fourth-order valence-corrected chi connectivity index (χ4v) is 2.37. The lowest BCUT2D eigenvalue weighted by Gasteiger charge is -2.14. The van der Waals surface area contributed by atoms with Gasteiger partial charge in [0.15, 0.2) is 11.5 Å². The van der Waals surface area contributed by atoms with Crippen LogP contribution >= 0.6 is 0 Å². The molecule has 0 atom stereocenters. The van der Waals surface area contributed by atoms with E-state index < -0.39 is 0 Å². The smallest absolute Gasteiger partial charge is 0.203 e. The van der Waals surface area contributed by atoms with Gasteiger partial charge in [-0.15, -0.1) is 0 Å². The van der Waals surface area contributed by atoms with E-state index in [0.29, 0.717) is 5.75 Å². The molecule has 0 saturated carbocycles. The molecule has 0 bridgehead atoms. The van der Waals surface area contributed by atoms with E-state index in [1.54, 1.807) is 48.5 Å². The average molecular weight is 338 g/mol. The summed E-state index contributed by atoms with van der Waals surface area (Å²) in [5, 5.41) is 29.1. The summed E-state index contributed by atoms with van der Waals surface area (Å²) in [6, 6.07) is 18.3. The SMILES string of the molecule is Oc1cccc(COc2cccc(O)c2OCc2cccc(O)c2)c1. The van der Waals surface area contributed by atoms with E-state index >= 15 is 0 Å². The second-order valence-electron chi connectivity index (χ2n) is 5.52. The van der Waals surface area contributed by atoms with Crippen LogP contribution in [-0.4, -0.2) is 15.3 Å². The molecule has 0 aliphatic carbocycles. The fourth-order valence-electron chi connectivity index (χ4n) is 2.37. The molecule has 0 spiro atoms. The molecule has 0 unspecified atom stereocenters. The zero-order valence-electron chi connectivity index (χ0n) is 13.4. The molecule has 3 aromatic rings. The fraction of sp³-hybridized carbons (Fsp3) is 0.100. The van der Waals surface area contributed by atoms with Crippen molar-refractivity contribution in [2.45, 2.75) is 13.2 Å². The second kappa shape index (κ2) is 7.49. The lowest BCUT2D eigenvalue weighted by molar-refractivity contribution is 0.245. The largest absolute Gasteiger partial charge is 0.508 e. The first-order valence-electron chi connectivity index (χ1n) is 7.75. The molecule has 0 aliphatic heterocycles.